The zero-order chi connectivity index (χ0) is 15.7. The van der Waals surface area contributed by atoms with Gasteiger partial charge < -0.3 is 15.2 Å². The fourth-order valence-electron chi connectivity index (χ4n) is 2.35. The monoisotopic (exact) mass is 294 g/mol. The third-order valence-electron chi connectivity index (χ3n) is 3.49. The summed E-state index contributed by atoms with van der Waals surface area (Å²) in [4.78, 5) is 13.6. The number of nitrogens with one attached hydrogen (secondary N) is 1. The maximum atomic E-state index is 11.7. The van der Waals surface area contributed by atoms with Crippen LogP contribution in [0.2, 0.25) is 0 Å². The Kier molecular flexibility index (Phi) is 7.79. The van der Waals surface area contributed by atoms with Crippen molar-refractivity contribution >= 4 is 5.97 Å². The molecule has 1 aromatic rings. The number of benzene rings is 1. The number of hydrogen-bond donors (Lipinski definition) is 2. The van der Waals surface area contributed by atoms with Crippen LogP contribution < -0.4 is 10.1 Å². The maximum Gasteiger partial charge on any atom is 0.325 e. The zero-order valence-electron chi connectivity index (χ0n) is 13.1. The normalized spacial score (nSPS) is 12.4. The van der Waals surface area contributed by atoms with Crippen LogP contribution in [0.1, 0.15) is 31.9 Å². The number of carboxylic acids is 1. The van der Waals surface area contributed by atoms with Crippen LogP contribution in [0.3, 0.4) is 0 Å². The maximum absolute atomic E-state index is 11.7. The Labute approximate surface area is 126 Å². The second kappa shape index (κ2) is 9.37. The van der Waals surface area contributed by atoms with Gasteiger partial charge in [-0.3, -0.25) is 9.69 Å². The van der Waals surface area contributed by atoms with Crippen LogP contribution in [-0.2, 0) is 4.79 Å². The van der Waals surface area contributed by atoms with E-state index >= 15 is 0 Å². The summed E-state index contributed by atoms with van der Waals surface area (Å²) >= 11 is 0. The van der Waals surface area contributed by atoms with E-state index in [0.29, 0.717) is 6.54 Å². The number of aliphatic carboxylic acids is 1. The highest BCUT2D eigenvalue weighted by molar-refractivity contribution is 5.75. The van der Waals surface area contributed by atoms with Gasteiger partial charge in [0.1, 0.15) is 11.8 Å². The van der Waals surface area contributed by atoms with Crippen LogP contribution in [0.4, 0.5) is 0 Å². The minimum absolute atomic E-state index is 0.609. The molecule has 21 heavy (non-hydrogen) atoms. The van der Waals surface area contributed by atoms with Crippen molar-refractivity contribution in [2.45, 2.75) is 26.3 Å². The predicted octanol–water partition coefficient (Wildman–Crippen LogP) is 2.14. The molecular weight excluding hydrogens is 268 g/mol. The smallest absolute Gasteiger partial charge is 0.325 e. The molecule has 5 heteroatoms. The van der Waals surface area contributed by atoms with Gasteiger partial charge in [0.05, 0.1) is 7.11 Å². The molecule has 0 amide bonds. The first-order valence-electron chi connectivity index (χ1n) is 7.45. The third-order valence-corrected chi connectivity index (χ3v) is 3.49. The topological polar surface area (TPSA) is 61.8 Å². The van der Waals surface area contributed by atoms with E-state index in [-0.39, 0.29) is 0 Å². The number of likely N-dealkylation sites (N-methyl/N-ethyl adjacent to an activating group) is 1. The molecule has 0 heterocycles. The highest BCUT2D eigenvalue weighted by Crippen LogP contribution is 2.23. The van der Waals surface area contributed by atoms with Crippen molar-refractivity contribution in [1.82, 2.24) is 10.2 Å². The van der Waals surface area contributed by atoms with Crippen LogP contribution in [0.15, 0.2) is 24.3 Å². The number of carbonyl (C=O) groups is 1. The molecule has 0 spiro atoms. The molecule has 5 nitrogen and oxygen atoms in total. The largest absolute Gasteiger partial charge is 0.497 e. The van der Waals surface area contributed by atoms with E-state index in [0.717, 1.165) is 37.4 Å². The lowest BCUT2D eigenvalue weighted by Gasteiger charge is -2.28. The molecule has 0 bridgehead atoms. The van der Waals surface area contributed by atoms with Gasteiger partial charge in [0.25, 0.3) is 0 Å². The lowest BCUT2D eigenvalue weighted by molar-refractivity contribution is -0.143. The Bertz CT molecular complexity index is 420. The van der Waals surface area contributed by atoms with Gasteiger partial charge in [0.2, 0.25) is 0 Å². The van der Waals surface area contributed by atoms with E-state index < -0.39 is 12.0 Å². The predicted molar refractivity (Wildman–Crippen MR) is 83.8 cm³/mol. The molecule has 0 radical (unpaired) electrons. The van der Waals surface area contributed by atoms with Gasteiger partial charge in [-0.05, 0) is 43.8 Å². The molecule has 1 aromatic carbocycles. The molecule has 1 unspecified atom stereocenters. The molecule has 0 saturated carbocycles. The average Bonchev–Trinajstić information content (AvgIpc) is 2.50. The summed E-state index contributed by atoms with van der Waals surface area (Å²) in [7, 11) is 1.60. The summed E-state index contributed by atoms with van der Waals surface area (Å²) in [6.07, 6.45) is 0.932. The standard InChI is InChI=1S/C16H26N2O3/c1-4-17-11-6-12-18(5-2)15(16(19)20)13-7-9-14(21-3)10-8-13/h7-10,15,17H,4-6,11-12H2,1-3H3,(H,19,20). The van der Waals surface area contributed by atoms with Gasteiger partial charge in [-0.1, -0.05) is 26.0 Å². The van der Waals surface area contributed by atoms with Gasteiger partial charge in [-0.15, -0.1) is 0 Å². The first-order chi connectivity index (χ1) is 10.1. The lowest BCUT2D eigenvalue weighted by atomic mass is 10.0. The number of rotatable bonds is 10. The molecule has 1 rings (SSSR count). The van der Waals surface area contributed by atoms with Gasteiger partial charge in [0.15, 0.2) is 0 Å². The molecule has 2 N–H and O–H groups in total. The van der Waals surface area contributed by atoms with E-state index in [1.165, 1.54) is 0 Å². The van der Waals surface area contributed by atoms with Gasteiger partial charge in [-0.2, -0.15) is 0 Å². The van der Waals surface area contributed by atoms with E-state index in [2.05, 4.69) is 12.2 Å². The van der Waals surface area contributed by atoms with Crippen molar-refractivity contribution in [2.24, 2.45) is 0 Å². The first kappa shape index (κ1) is 17.5. The Hall–Kier alpha value is -1.59. The summed E-state index contributed by atoms with van der Waals surface area (Å²) in [6.45, 7) is 7.36. The van der Waals surface area contributed by atoms with Crippen molar-refractivity contribution < 1.29 is 14.6 Å². The Balaban J connectivity index is 2.79. The molecular formula is C16H26N2O3. The minimum atomic E-state index is -0.814. The molecule has 0 aliphatic rings. The molecule has 0 aliphatic carbocycles. The first-order valence-corrected chi connectivity index (χ1v) is 7.45. The third kappa shape index (κ3) is 5.36. The van der Waals surface area contributed by atoms with E-state index in [1.807, 2.05) is 24.0 Å². The highest BCUT2D eigenvalue weighted by Gasteiger charge is 2.25. The number of nitrogens with zero attached hydrogens (tertiary/aromatic N) is 1. The fraction of sp³-hybridized carbons (Fsp3) is 0.562. The van der Waals surface area contributed by atoms with Crippen LogP contribution in [-0.4, -0.2) is 49.3 Å². The van der Waals surface area contributed by atoms with Crippen LogP contribution in [0.25, 0.3) is 0 Å². The SMILES string of the molecule is CCNCCCN(CC)C(C(=O)O)c1ccc(OC)cc1. The second-order valence-corrected chi connectivity index (χ2v) is 4.85. The minimum Gasteiger partial charge on any atom is -0.497 e. The number of ether oxygens (including phenoxy) is 1. The Morgan fingerprint density at radius 3 is 2.48 bits per heavy atom. The van der Waals surface area contributed by atoms with E-state index in [9.17, 15) is 9.90 Å². The van der Waals surface area contributed by atoms with Crippen LogP contribution >= 0.6 is 0 Å². The zero-order valence-corrected chi connectivity index (χ0v) is 13.1. The second-order valence-electron chi connectivity index (χ2n) is 4.85. The Morgan fingerprint density at radius 2 is 2.00 bits per heavy atom. The van der Waals surface area contributed by atoms with Gasteiger partial charge in [0, 0.05) is 6.54 Å². The summed E-state index contributed by atoms with van der Waals surface area (Å²) in [5.74, 6) is -0.0800. The average molecular weight is 294 g/mol. The van der Waals surface area contributed by atoms with Gasteiger partial charge in [-0.25, -0.2) is 0 Å². The number of hydrogen-bond acceptors (Lipinski definition) is 4. The van der Waals surface area contributed by atoms with Crippen LogP contribution in [0, 0.1) is 0 Å². The quantitative estimate of drug-likeness (QED) is 0.647. The lowest BCUT2D eigenvalue weighted by Crippen LogP contribution is -2.36. The van der Waals surface area contributed by atoms with Crippen molar-refractivity contribution in [3.8, 4) is 5.75 Å². The fourth-order valence-corrected chi connectivity index (χ4v) is 2.35. The summed E-state index contributed by atoms with van der Waals surface area (Å²) < 4.78 is 5.12. The van der Waals surface area contributed by atoms with E-state index in [4.69, 9.17) is 4.74 Å². The highest BCUT2D eigenvalue weighted by atomic mass is 16.5. The number of methoxy groups -OCH3 is 1. The molecule has 118 valence electrons. The molecule has 0 saturated heterocycles. The number of carboxylic acid groups (broad SMARTS) is 1. The van der Waals surface area contributed by atoms with Crippen LogP contribution in [0.5, 0.6) is 5.75 Å². The molecule has 0 aromatic heterocycles. The molecule has 0 aliphatic heterocycles. The molecule has 0 fully saturated rings. The van der Waals surface area contributed by atoms with Gasteiger partial charge >= 0.3 is 5.97 Å². The summed E-state index contributed by atoms with van der Waals surface area (Å²) in [6, 6.07) is 6.65. The van der Waals surface area contributed by atoms with E-state index in [1.54, 1.807) is 19.2 Å². The molecule has 1 atom stereocenters. The summed E-state index contributed by atoms with van der Waals surface area (Å²) in [5.41, 5.74) is 0.786. The Morgan fingerprint density at radius 1 is 1.33 bits per heavy atom. The van der Waals surface area contributed by atoms with Crippen molar-refractivity contribution in [3.63, 3.8) is 0 Å². The summed E-state index contributed by atoms with van der Waals surface area (Å²) in [5, 5.41) is 12.8. The van der Waals surface area contributed by atoms with Crippen molar-refractivity contribution in [1.29, 1.82) is 0 Å². The van der Waals surface area contributed by atoms with Crippen molar-refractivity contribution in [2.75, 3.05) is 33.3 Å². The van der Waals surface area contributed by atoms with Crippen molar-refractivity contribution in [3.05, 3.63) is 29.8 Å².